The zero-order valence-electron chi connectivity index (χ0n) is 10.8. The highest BCUT2D eigenvalue weighted by atomic mass is 16.7. The summed E-state index contributed by atoms with van der Waals surface area (Å²) >= 11 is 0. The minimum Gasteiger partial charge on any atom is -0.463 e. The Labute approximate surface area is 111 Å². The van der Waals surface area contributed by atoms with Gasteiger partial charge in [0.25, 0.3) is 0 Å². The molecule has 1 amide bonds. The van der Waals surface area contributed by atoms with E-state index >= 15 is 0 Å². The number of unbranched alkanes of at least 4 members (excludes halogenated alkanes) is 1. The first-order valence-electron chi connectivity index (χ1n) is 5.99. The van der Waals surface area contributed by atoms with Gasteiger partial charge in [0.05, 0.1) is 13.2 Å². The molecule has 0 aromatic carbocycles. The van der Waals surface area contributed by atoms with Crippen LogP contribution in [0.2, 0.25) is 0 Å². The molecule has 0 aliphatic rings. The van der Waals surface area contributed by atoms with Crippen molar-refractivity contribution in [1.82, 2.24) is 5.48 Å². The van der Waals surface area contributed by atoms with E-state index in [1.165, 1.54) is 0 Å². The molecule has 0 heterocycles. The third-order valence-corrected chi connectivity index (χ3v) is 1.89. The summed E-state index contributed by atoms with van der Waals surface area (Å²) in [4.78, 5) is 37.3. The number of rotatable bonds is 8. The van der Waals surface area contributed by atoms with Crippen LogP contribution in [0.15, 0.2) is 0 Å². The fourth-order valence-corrected chi connectivity index (χ4v) is 1.08. The van der Waals surface area contributed by atoms with Crippen molar-refractivity contribution in [3.05, 3.63) is 0 Å². The summed E-state index contributed by atoms with van der Waals surface area (Å²) in [7, 11) is 0. The van der Waals surface area contributed by atoms with Crippen molar-refractivity contribution in [3.63, 3.8) is 0 Å². The summed E-state index contributed by atoms with van der Waals surface area (Å²) in [6.07, 6.45) is 0.289. The molecule has 0 aromatic heterocycles. The van der Waals surface area contributed by atoms with Gasteiger partial charge in [-0.2, -0.15) is 0 Å². The van der Waals surface area contributed by atoms with Crippen molar-refractivity contribution in [2.75, 3.05) is 19.8 Å². The monoisotopic (exact) mass is 277 g/mol. The van der Waals surface area contributed by atoms with Gasteiger partial charge in [-0.3, -0.25) is 4.79 Å². The first kappa shape index (κ1) is 17.2. The lowest BCUT2D eigenvalue weighted by Crippen LogP contribution is -2.27. The van der Waals surface area contributed by atoms with E-state index in [0.717, 1.165) is 0 Å². The predicted octanol–water partition coefficient (Wildman–Crippen LogP) is 0.287. The smallest absolute Gasteiger partial charge is 0.440 e. The molecule has 0 unspecified atom stereocenters. The van der Waals surface area contributed by atoms with E-state index in [2.05, 4.69) is 14.3 Å². The molecule has 8 heteroatoms. The van der Waals surface area contributed by atoms with Gasteiger partial charge in [-0.15, -0.1) is 5.48 Å². The van der Waals surface area contributed by atoms with Crippen LogP contribution in [0.1, 0.15) is 32.6 Å². The van der Waals surface area contributed by atoms with Gasteiger partial charge in [0.1, 0.15) is 6.61 Å². The third-order valence-electron chi connectivity index (χ3n) is 1.89. The van der Waals surface area contributed by atoms with Crippen LogP contribution in [0.25, 0.3) is 0 Å². The Balaban J connectivity index is 3.48. The molecule has 0 saturated carbocycles. The molecule has 0 aliphatic carbocycles. The Morgan fingerprint density at radius 3 is 2.26 bits per heavy atom. The minimum atomic E-state index is -0.830. The number of esters is 1. The lowest BCUT2D eigenvalue weighted by molar-refractivity contribution is -0.150. The van der Waals surface area contributed by atoms with Gasteiger partial charge >= 0.3 is 18.0 Å². The van der Waals surface area contributed by atoms with E-state index < -0.39 is 18.0 Å². The van der Waals surface area contributed by atoms with Gasteiger partial charge in [0.2, 0.25) is 0 Å². The summed E-state index contributed by atoms with van der Waals surface area (Å²) in [5.74, 6) is -1.04. The minimum absolute atomic E-state index is 0.0235. The fraction of sp³-hybridized carbons (Fsp3) is 0.727. The number of hydroxylamine groups is 1. The van der Waals surface area contributed by atoms with Crippen molar-refractivity contribution in [1.29, 1.82) is 0 Å². The second kappa shape index (κ2) is 11.3. The SMILES string of the molecule is CCOC(=O)NOC(=O)CCCCC(=O)OCCO. The normalized spacial score (nSPS) is 9.58. The van der Waals surface area contributed by atoms with Gasteiger partial charge in [0.15, 0.2) is 0 Å². The van der Waals surface area contributed by atoms with Gasteiger partial charge in [-0.05, 0) is 19.8 Å². The topological polar surface area (TPSA) is 111 Å². The third kappa shape index (κ3) is 11.0. The van der Waals surface area contributed by atoms with E-state index in [1.54, 1.807) is 6.92 Å². The predicted molar refractivity (Wildman–Crippen MR) is 62.8 cm³/mol. The Bertz CT molecular complexity index is 293. The highest BCUT2D eigenvalue weighted by molar-refractivity contribution is 5.73. The Hall–Kier alpha value is -1.83. The van der Waals surface area contributed by atoms with Gasteiger partial charge in [0, 0.05) is 12.8 Å². The number of aliphatic hydroxyl groups is 1. The summed E-state index contributed by atoms with van der Waals surface area (Å²) < 4.78 is 9.10. The number of ether oxygens (including phenoxy) is 2. The Morgan fingerprint density at radius 2 is 1.68 bits per heavy atom. The maximum atomic E-state index is 11.1. The first-order chi connectivity index (χ1) is 9.10. The average Bonchev–Trinajstić information content (AvgIpc) is 2.39. The molecule has 0 rings (SSSR count). The number of carbonyl (C=O) groups excluding carboxylic acids is 3. The Kier molecular flexibility index (Phi) is 10.2. The molecule has 0 fully saturated rings. The number of carbonyl (C=O) groups is 3. The van der Waals surface area contributed by atoms with E-state index in [4.69, 9.17) is 5.11 Å². The van der Waals surface area contributed by atoms with Crippen molar-refractivity contribution in [3.8, 4) is 0 Å². The molecule has 0 spiro atoms. The summed E-state index contributed by atoms with van der Waals surface area (Å²) in [6, 6.07) is 0. The van der Waals surface area contributed by atoms with Crippen molar-refractivity contribution < 1.29 is 33.8 Å². The number of aliphatic hydroxyl groups excluding tert-OH is 1. The van der Waals surface area contributed by atoms with Gasteiger partial charge in [-0.25, -0.2) is 9.59 Å². The van der Waals surface area contributed by atoms with Crippen LogP contribution < -0.4 is 5.48 Å². The van der Waals surface area contributed by atoms with Crippen molar-refractivity contribution >= 4 is 18.0 Å². The Morgan fingerprint density at radius 1 is 1.05 bits per heavy atom. The van der Waals surface area contributed by atoms with Crippen LogP contribution in [0.4, 0.5) is 4.79 Å². The largest absolute Gasteiger partial charge is 0.463 e. The quantitative estimate of drug-likeness (QED) is 0.284. The van der Waals surface area contributed by atoms with E-state index in [9.17, 15) is 14.4 Å². The molecule has 2 N–H and O–H groups in total. The van der Waals surface area contributed by atoms with Crippen LogP contribution >= 0.6 is 0 Å². The van der Waals surface area contributed by atoms with Gasteiger partial charge < -0.3 is 19.4 Å². The number of nitrogens with one attached hydrogen (secondary N) is 1. The van der Waals surface area contributed by atoms with Crippen LogP contribution in [-0.4, -0.2) is 43.0 Å². The molecule has 0 aliphatic heterocycles. The molecule has 110 valence electrons. The van der Waals surface area contributed by atoms with E-state index in [1.807, 2.05) is 5.48 Å². The zero-order valence-corrected chi connectivity index (χ0v) is 10.8. The van der Waals surface area contributed by atoms with Crippen LogP contribution in [0.3, 0.4) is 0 Å². The fourth-order valence-electron chi connectivity index (χ4n) is 1.08. The molecule has 0 bridgehead atoms. The second-order valence-electron chi connectivity index (χ2n) is 3.45. The summed E-state index contributed by atoms with van der Waals surface area (Å²) in [5, 5.41) is 8.42. The maximum absolute atomic E-state index is 11.1. The number of hydrogen-bond acceptors (Lipinski definition) is 7. The average molecular weight is 277 g/mol. The van der Waals surface area contributed by atoms with Gasteiger partial charge in [-0.1, -0.05) is 0 Å². The lowest BCUT2D eigenvalue weighted by atomic mass is 10.2. The molecular weight excluding hydrogens is 258 g/mol. The molecule has 19 heavy (non-hydrogen) atoms. The molecule has 8 nitrogen and oxygen atoms in total. The van der Waals surface area contributed by atoms with E-state index in [0.29, 0.717) is 12.8 Å². The highest BCUT2D eigenvalue weighted by Crippen LogP contribution is 2.02. The van der Waals surface area contributed by atoms with Crippen LogP contribution in [0.5, 0.6) is 0 Å². The molecular formula is C11H19NO7. The summed E-state index contributed by atoms with van der Waals surface area (Å²) in [5.41, 5.74) is 1.83. The van der Waals surface area contributed by atoms with Crippen LogP contribution in [-0.2, 0) is 23.9 Å². The highest BCUT2D eigenvalue weighted by Gasteiger charge is 2.08. The van der Waals surface area contributed by atoms with Crippen molar-refractivity contribution in [2.45, 2.75) is 32.6 Å². The molecule has 0 aromatic rings. The standard InChI is InChI=1S/C11H19NO7/c1-2-17-11(16)12-19-10(15)6-4-3-5-9(14)18-8-7-13/h13H,2-8H2,1H3,(H,12,16). The van der Waals surface area contributed by atoms with Crippen molar-refractivity contribution in [2.24, 2.45) is 0 Å². The maximum Gasteiger partial charge on any atom is 0.440 e. The second-order valence-corrected chi connectivity index (χ2v) is 3.45. The molecule has 0 radical (unpaired) electrons. The van der Waals surface area contributed by atoms with Crippen LogP contribution in [0, 0.1) is 0 Å². The summed E-state index contributed by atoms with van der Waals surface area (Å²) in [6.45, 7) is 1.57. The zero-order chi connectivity index (χ0) is 14.5. The number of hydrogen-bond donors (Lipinski definition) is 2. The molecule has 0 saturated heterocycles. The molecule has 0 atom stereocenters. The van der Waals surface area contributed by atoms with E-state index in [-0.39, 0.29) is 32.7 Å². The first-order valence-corrected chi connectivity index (χ1v) is 5.99. The number of amides is 1. The lowest BCUT2D eigenvalue weighted by Gasteiger charge is -2.05.